The zero-order chi connectivity index (χ0) is 22.1. The molecule has 158 valence electrons. The summed E-state index contributed by atoms with van der Waals surface area (Å²) in [4.78, 5) is 31.8. The van der Waals surface area contributed by atoms with Crippen LogP contribution in [0.2, 0.25) is 0 Å². The zero-order valence-electron chi connectivity index (χ0n) is 16.8. The largest absolute Gasteiger partial charge is 0.464 e. The number of nitrogens with zero attached hydrogens (tertiary/aromatic N) is 2. The van der Waals surface area contributed by atoms with Crippen molar-refractivity contribution >= 4 is 39.2 Å². The number of carbonyl (C=O) groups excluding carboxylic acids is 2. The third-order valence-corrected chi connectivity index (χ3v) is 5.64. The number of amides is 1. The number of H-pyrrole nitrogens is 1. The number of esters is 1. The highest BCUT2D eigenvalue weighted by Crippen LogP contribution is 2.30. The highest BCUT2D eigenvalue weighted by molar-refractivity contribution is 7.14. The number of fused-ring (bicyclic) bond motifs is 1. The van der Waals surface area contributed by atoms with Crippen molar-refractivity contribution in [3.63, 3.8) is 0 Å². The monoisotopic (exact) mass is 444 g/mol. The van der Waals surface area contributed by atoms with Gasteiger partial charge in [0, 0.05) is 28.3 Å². The fraction of sp³-hybridized carbons (Fsp3) is 0.0435. The molecule has 0 unspecified atom stereocenters. The van der Waals surface area contributed by atoms with Crippen LogP contribution < -0.4 is 5.32 Å². The number of aromatic amines is 1. The van der Waals surface area contributed by atoms with Crippen LogP contribution in [0.1, 0.15) is 20.8 Å². The Morgan fingerprint density at radius 2 is 1.94 bits per heavy atom. The molecule has 0 aliphatic carbocycles. The molecule has 3 heterocycles. The van der Waals surface area contributed by atoms with Crippen LogP contribution >= 0.6 is 11.3 Å². The number of hydrogen-bond donors (Lipinski definition) is 2. The molecule has 0 radical (unpaired) electrons. The molecule has 0 saturated carbocycles. The zero-order valence-corrected chi connectivity index (χ0v) is 17.6. The number of hydrogen-bond acceptors (Lipinski definition) is 7. The molecule has 0 aliphatic rings. The summed E-state index contributed by atoms with van der Waals surface area (Å²) in [5, 5.41) is 9.91. The van der Waals surface area contributed by atoms with Gasteiger partial charge in [-0.15, -0.1) is 11.3 Å². The first kappa shape index (κ1) is 19.7. The first-order valence-corrected chi connectivity index (χ1v) is 10.5. The van der Waals surface area contributed by atoms with E-state index in [-0.39, 0.29) is 5.91 Å². The molecule has 0 spiro atoms. The number of carbonyl (C=O) groups is 2. The first-order chi connectivity index (χ1) is 15.6. The Bertz CT molecular complexity index is 1430. The molecule has 5 rings (SSSR count). The molecule has 0 saturated heterocycles. The van der Waals surface area contributed by atoms with E-state index >= 15 is 0 Å². The highest BCUT2D eigenvalue weighted by atomic mass is 32.1. The van der Waals surface area contributed by atoms with Crippen LogP contribution in [0.3, 0.4) is 0 Å². The van der Waals surface area contributed by atoms with Crippen LogP contribution in [0.4, 0.5) is 5.13 Å². The Balaban J connectivity index is 1.37. The van der Waals surface area contributed by atoms with Crippen LogP contribution in [-0.4, -0.2) is 34.1 Å². The van der Waals surface area contributed by atoms with Crippen LogP contribution in [-0.2, 0) is 4.74 Å². The minimum Gasteiger partial charge on any atom is -0.464 e. The number of anilines is 1. The lowest BCUT2D eigenvalue weighted by atomic mass is 10.1. The van der Waals surface area contributed by atoms with Crippen molar-refractivity contribution in [2.45, 2.75) is 0 Å². The molecule has 9 heteroatoms. The molecule has 3 aromatic heterocycles. The summed E-state index contributed by atoms with van der Waals surface area (Å²) < 4.78 is 10.2. The van der Waals surface area contributed by atoms with Crippen molar-refractivity contribution in [1.29, 1.82) is 0 Å². The minimum atomic E-state index is -0.459. The van der Waals surface area contributed by atoms with E-state index < -0.39 is 5.97 Å². The maximum Gasteiger partial charge on any atom is 0.354 e. The van der Waals surface area contributed by atoms with Crippen molar-refractivity contribution in [2.24, 2.45) is 0 Å². The van der Waals surface area contributed by atoms with Crippen LogP contribution in [0.5, 0.6) is 0 Å². The van der Waals surface area contributed by atoms with Crippen LogP contribution in [0.15, 0.2) is 70.7 Å². The second kappa shape index (κ2) is 8.12. The van der Waals surface area contributed by atoms with E-state index in [9.17, 15) is 9.59 Å². The Labute approximate surface area is 185 Å². The van der Waals surface area contributed by atoms with Crippen molar-refractivity contribution in [3.05, 3.63) is 77.4 Å². The van der Waals surface area contributed by atoms with Gasteiger partial charge in [0.1, 0.15) is 11.2 Å². The molecule has 0 aliphatic heterocycles. The third-order valence-electron chi connectivity index (χ3n) is 4.88. The van der Waals surface area contributed by atoms with Crippen molar-refractivity contribution < 1.29 is 18.8 Å². The Kier molecular flexibility index (Phi) is 5.00. The lowest BCUT2D eigenvalue weighted by Gasteiger charge is -2.02. The molecule has 1 amide bonds. The number of rotatable bonds is 5. The molecule has 0 fully saturated rings. The standard InChI is InChI=1S/C23H16N4O4S/c1-30-22(29)18-10-15(11-24-18)19-12-32-23(25-19)26-21(28)14-7-8-17-16(9-14)20(31-27-17)13-5-3-2-4-6-13/h2-12,24H,1H3,(H,25,26,28). The SMILES string of the molecule is COC(=O)c1cc(-c2csc(NC(=O)c3ccc4noc(-c5ccccc5)c4c3)n2)c[nH]1. The quantitative estimate of drug-likeness (QED) is 0.370. The van der Waals surface area contributed by atoms with Gasteiger partial charge in [-0.05, 0) is 24.3 Å². The van der Waals surface area contributed by atoms with Gasteiger partial charge >= 0.3 is 5.97 Å². The minimum absolute atomic E-state index is 0.294. The summed E-state index contributed by atoms with van der Waals surface area (Å²) in [5.41, 5.74) is 3.71. The number of ether oxygens (including phenoxy) is 1. The van der Waals surface area contributed by atoms with Gasteiger partial charge in [-0.3, -0.25) is 10.1 Å². The molecule has 8 nitrogen and oxygen atoms in total. The topological polar surface area (TPSA) is 110 Å². The van der Waals surface area contributed by atoms with Gasteiger partial charge in [0.05, 0.1) is 18.2 Å². The first-order valence-electron chi connectivity index (χ1n) is 9.61. The van der Waals surface area contributed by atoms with Gasteiger partial charge in [-0.2, -0.15) is 0 Å². The molecular formula is C23H16N4O4S. The van der Waals surface area contributed by atoms with Crippen molar-refractivity contribution in [2.75, 3.05) is 12.4 Å². The molecule has 2 N–H and O–H groups in total. The van der Waals surface area contributed by atoms with E-state index in [2.05, 4.69) is 20.4 Å². The normalized spacial score (nSPS) is 10.9. The Morgan fingerprint density at radius 1 is 1.09 bits per heavy atom. The maximum absolute atomic E-state index is 12.8. The molecule has 0 bridgehead atoms. The van der Waals surface area contributed by atoms with Crippen molar-refractivity contribution in [1.82, 2.24) is 15.1 Å². The van der Waals surface area contributed by atoms with Crippen LogP contribution in [0, 0.1) is 0 Å². The van der Waals surface area contributed by atoms with E-state index in [4.69, 9.17) is 9.26 Å². The average molecular weight is 444 g/mol. The summed E-state index contributed by atoms with van der Waals surface area (Å²) in [7, 11) is 1.32. The van der Waals surface area contributed by atoms with Crippen molar-refractivity contribution in [3.8, 4) is 22.6 Å². The van der Waals surface area contributed by atoms with E-state index in [0.717, 1.165) is 16.5 Å². The predicted molar refractivity (Wildman–Crippen MR) is 121 cm³/mol. The smallest absolute Gasteiger partial charge is 0.354 e. The summed E-state index contributed by atoms with van der Waals surface area (Å²) in [5.74, 6) is -0.142. The average Bonchev–Trinajstić information content (AvgIpc) is 3.58. The third kappa shape index (κ3) is 3.65. The maximum atomic E-state index is 12.8. The number of benzene rings is 2. The lowest BCUT2D eigenvalue weighted by Crippen LogP contribution is -2.11. The summed E-state index contributed by atoms with van der Waals surface area (Å²) >= 11 is 1.29. The van der Waals surface area contributed by atoms with Crippen LogP contribution in [0.25, 0.3) is 33.5 Å². The second-order valence-electron chi connectivity index (χ2n) is 6.90. The van der Waals surface area contributed by atoms with Gasteiger partial charge in [0.15, 0.2) is 10.9 Å². The number of nitrogens with one attached hydrogen (secondary N) is 2. The Morgan fingerprint density at radius 3 is 2.75 bits per heavy atom. The predicted octanol–water partition coefficient (Wildman–Crippen LogP) is 4.99. The van der Waals surface area contributed by atoms with E-state index in [1.54, 1.807) is 35.8 Å². The summed E-state index contributed by atoms with van der Waals surface area (Å²) in [6, 6.07) is 16.5. The number of aromatic nitrogens is 3. The second-order valence-corrected chi connectivity index (χ2v) is 7.75. The highest BCUT2D eigenvalue weighted by Gasteiger charge is 2.16. The van der Waals surface area contributed by atoms with Gasteiger partial charge in [0.2, 0.25) is 0 Å². The van der Waals surface area contributed by atoms with Gasteiger partial charge in [-0.25, -0.2) is 9.78 Å². The molecule has 5 aromatic rings. The van der Waals surface area contributed by atoms with Gasteiger partial charge in [0.25, 0.3) is 5.91 Å². The summed E-state index contributed by atoms with van der Waals surface area (Å²) in [6.07, 6.45) is 1.66. The number of thiazole rings is 1. The fourth-order valence-corrected chi connectivity index (χ4v) is 4.00. The number of methoxy groups -OCH3 is 1. The summed E-state index contributed by atoms with van der Waals surface area (Å²) in [6.45, 7) is 0. The van der Waals surface area contributed by atoms with E-state index in [1.165, 1.54) is 18.4 Å². The molecule has 32 heavy (non-hydrogen) atoms. The van der Waals surface area contributed by atoms with E-state index in [0.29, 0.717) is 33.4 Å². The Hall–Kier alpha value is -4.24. The fourth-order valence-electron chi connectivity index (χ4n) is 3.28. The van der Waals surface area contributed by atoms with Gasteiger partial charge < -0.3 is 14.2 Å². The lowest BCUT2D eigenvalue weighted by molar-refractivity contribution is 0.0594. The molecule has 0 atom stereocenters. The van der Waals surface area contributed by atoms with Gasteiger partial charge in [-0.1, -0.05) is 35.5 Å². The molecule has 2 aromatic carbocycles. The molecular weight excluding hydrogens is 428 g/mol. The van der Waals surface area contributed by atoms with E-state index in [1.807, 2.05) is 30.3 Å².